The van der Waals surface area contributed by atoms with Crippen LogP contribution >= 0.6 is 24.8 Å². The molecule has 3 aromatic rings. The zero-order chi connectivity index (χ0) is 13.9. The lowest BCUT2D eigenvalue weighted by Crippen LogP contribution is -2.06. The van der Waals surface area contributed by atoms with Crippen molar-refractivity contribution in [3.8, 4) is 0 Å². The van der Waals surface area contributed by atoms with E-state index in [0.717, 1.165) is 24.0 Å². The van der Waals surface area contributed by atoms with E-state index in [-0.39, 0.29) is 31.4 Å². The Balaban J connectivity index is 0.00000121. The number of halogens is 2. The molecule has 0 aliphatic rings. The quantitative estimate of drug-likeness (QED) is 0.717. The molecule has 0 saturated heterocycles. The fourth-order valence-corrected chi connectivity index (χ4v) is 2.45. The zero-order valence-corrected chi connectivity index (χ0v) is 13.6. The van der Waals surface area contributed by atoms with E-state index in [4.69, 9.17) is 5.73 Å². The number of rotatable bonds is 4. The number of hydrogen-bond donors (Lipinski definition) is 2. The molecular formula is C16H19Cl2N3O. The van der Waals surface area contributed by atoms with Crippen molar-refractivity contribution in [3.63, 3.8) is 0 Å². The van der Waals surface area contributed by atoms with Crippen LogP contribution in [-0.2, 0) is 19.6 Å². The Morgan fingerprint density at radius 1 is 1.05 bits per heavy atom. The van der Waals surface area contributed by atoms with Gasteiger partial charge in [0.15, 0.2) is 0 Å². The average Bonchev–Trinajstić information content (AvgIpc) is 2.83. The highest BCUT2D eigenvalue weighted by Gasteiger charge is 2.10. The molecule has 2 aromatic carbocycles. The van der Waals surface area contributed by atoms with Gasteiger partial charge in [-0.25, -0.2) is 4.98 Å². The Bertz CT molecular complexity index is 729. The number of aromatic nitrogens is 2. The van der Waals surface area contributed by atoms with Gasteiger partial charge >= 0.3 is 0 Å². The summed E-state index contributed by atoms with van der Waals surface area (Å²) in [7, 11) is 0. The predicted molar refractivity (Wildman–Crippen MR) is 94.7 cm³/mol. The Morgan fingerprint density at radius 2 is 1.77 bits per heavy atom. The second kappa shape index (κ2) is 8.03. The van der Waals surface area contributed by atoms with Crippen LogP contribution in [-0.4, -0.2) is 14.7 Å². The smallest absolute Gasteiger partial charge is 0.135 e. The number of fused-ring (bicyclic) bond motifs is 1. The lowest BCUT2D eigenvalue weighted by molar-refractivity contribution is 0.266. The largest absolute Gasteiger partial charge is 0.399 e. The minimum absolute atomic E-state index is 0. The van der Waals surface area contributed by atoms with Gasteiger partial charge in [-0.3, -0.25) is 0 Å². The molecule has 0 unspecified atom stereocenters. The van der Waals surface area contributed by atoms with Crippen LogP contribution in [0.5, 0.6) is 0 Å². The summed E-state index contributed by atoms with van der Waals surface area (Å²) in [6, 6.07) is 16.0. The normalized spacial score (nSPS) is 10.0. The van der Waals surface area contributed by atoms with Gasteiger partial charge in [-0.1, -0.05) is 30.3 Å². The molecule has 0 spiro atoms. The third-order valence-corrected chi connectivity index (χ3v) is 3.46. The molecule has 0 atom stereocenters. The Hall–Kier alpha value is -1.75. The number of nitrogens with two attached hydrogens (primary N) is 1. The maximum absolute atomic E-state index is 9.47. The second-order valence-electron chi connectivity index (χ2n) is 4.82. The number of benzene rings is 2. The molecule has 0 radical (unpaired) electrons. The van der Waals surface area contributed by atoms with Crippen molar-refractivity contribution in [2.24, 2.45) is 0 Å². The van der Waals surface area contributed by atoms with E-state index >= 15 is 0 Å². The number of anilines is 1. The van der Waals surface area contributed by atoms with Crippen molar-refractivity contribution >= 4 is 41.5 Å². The first-order chi connectivity index (χ1) is 9.78. The monoisotopic (exact) mass is 339 g/mol. The van der Waals surface area contributed by atoms with Gasteiger partial charge in [0, 0.05) is 12.2 Å². The van der Waals surface area contributed by atoms with E-state index in [9.17, 15) is 5.11 Å². The Labute approximate surface area is 141 Å². The highest BCUT2D eigenvalue weighted by atomic mass is 35.5. The number of nitrogens with zero attached hydrogens (tertiary/aromatic N) is 2. The fourth-order valence-electron chi connectivity index (χ4n) is 2.45. The maximum Gasteiger partial charge on any atom is 0.135 e. The van der Waals surface area contributed by atoms with Crippen LogP contribution < -0.4 is 5.73 Å². The topological polar surface area (TPSA) is 64.1 Å². The molecule has 3 N–H and O–H groups in total. The van der Waals surface area contributed by atoms with E-state index in [1.807, 2.05) is 36.4 Å². The van der Waals surface area contributed by atoms with E-state index in [2.05, 4.69) is 21.7 Å². The zero-order valence-electron chi connectivity index (χ0n) is 12.0. The predicted octanol–water partition coefficient (Wildman–Crippen LogP) is 3.20. The van der Waals surface area contributed by atoms with Crippen molar-refractivity contribution in [3.05, 3.63) is 59.9 Å². The van der Waals surface area contributed by atoms with Crippen LogP contribution in [0.15, 0.2) is 48.5 Å². The highest BCUT2D eigenvalue weighted by Crippen LogP contribution is 2.20. The molecule has 0 saturated carbocycles. The number of aliphatic hydroxyl groups is 1. The van der Waals surface area contributed by atoms with Crippen LogP contribution in [0.1, 0.15) is 11.4 Å². The molecule has 0 aliphatic heterocycles. The summed E-state index contributed by atoms with van der Waals surface area (Å²) in [5.41, 5.74) is 9.59. The van der Waals surface area contributed by atoms with Crippen molar-refractivity contribution < 1.29 is 5.11 Å². The number of aryl methyl sites for hydroxylation is 2. The van der Waals surface area contributed by atoms with Crippen LogP contribution in [0.2, 0.25) is 0 Å². The highest BCUT2D eigenvalue weighted by molar-refractivity contribution is 5.85. The molecule has 22 heavy (non-hydrogen) atoms. The Morgan fingerprint density at radius 3 is 2.45 bits per heavy atom. The molecule has 0 bridgehead atoms. The molecule has 3 rings (SSSR count). The van der Waals surface area contributed by atoms with Crippen LogP contribution in [0.4, 0.5) is 5.69 Å². The van der Waals surface area contributed by atoms with Gasteiger partial charge in [0.25, 0.3) is 0 Å². The average molecular weight is 340 g/mol. The Kier molecular flexibility index (Phi) is 6.68. The van der Waals surface area contributed by atoms with Gasteiger partial charge < -0.3 is 15.4 Å². The van der Waals surface area contributed by atoms with E-state index in [0.29, 0.717) is 11.5 Å². The molecule has 0 amide bonds. The third kappa shape index (κ3) is 3.71. The number of imidazole rings is 1. The van der Waals surface area contributed by atoms with Crippen molar-refractivity contribution in [2.75, 3.05) is 5.73 Å². The molecule has 118 valence electrons. The van der Waals surface area contributed by atoms with Gasteiger partial charge in [0.1, 0.15) is 12.4 Å². The van der Waals surface area contributed by atoms with E-state index in [1.54, 1.807) is 0 Å². The summed E-state index contributed by atoms with van der Waals surface area (Å²) in [6.45, 7) is 0.726. The number of aliphatic hydroxyl groups excluding tert-OH is 1. The van der Waals surface area contributed by atoms with Crippen molar-refractivity contribution in [1.29, 1.82) is 0 Å². The van der Waals surface area contributed by atoms with Crippen molar-refractivity contribution in [2.45, 2.75) is 19.6 Å². The lowest BCUT2D eigenvalue weighted by Gasteiger charge is -2.08. The molecule has 0 aliphatic carbocycles. The lowest BCUT2D eigenvalue weighted by atomic mass is 10.1. The van der Waals surface area contributed by atoms with Gasteiger partial charge in [0.05, 0.1) is 11.0 Å². The van der Waals surface area contributed by atoms with Gasteiger partial charge in [-0.05, 0) is 30.2 Å². The fraction of sp³-hybridized carbons (Fsp3) is 0.188. The minimum Gasteiger partial charge on any atom is -0.399 e. The number of nitrogen functional groups attached to an aromatic ring is 1. The summed E-state index contributed by atoms with van der Waals surface area (Å²) in [6.07, 6.45) is 0.906. The van der Waals surface area contributed by atoms with E-state index in [1.165, 1.54) is 5.56 Å². The second-order valence-corrected chi connectivity index (χ2v) is 4.82. The molecule has 4 nitrogen and oxygen atoms in total. The molecule has 0 fully saturated rings. The maximum atomic E-state index is 9.47. The van der Waals surface area contributed by atoms with Crippen LogP contribution in [0.3, 0.4) is 0 Å². The minimum atomic E-state index is -0.0661. The molecule has 1 heterocycles. The standard InChI is InChI=1S/C16H17N3O.2ClH/c17-13-6-7-15-14(10-13)18-16(11-20)19(15)9-8-12-4-2-1-3-5-12;;/h1-7,10,20H,8-9,11,17H2;2*1H. The number of hydrogen-bond acceptors (Lipinski definition) is 3. The summed E-state index contributed by atoms with van der Waals surface area (Å²) < 4.78 is 2.06. The van der Waals surface area contributed by atoms with E-state index < -0.39 is 0 Å². The first-order valence-corrected chi connectivity index (χ1v) is 6.67. The summed E-state index contributed by atoms with van der Waals surface area (Å²) in [5, 5.41) is 9.47. The summed E-state index contributed by atoms with van der Waals surface area (Å²) in [5.74, 6) is 0.682. The van der Waals surface area contributed by atoms with Crippen LogP contribution in [0.25, 0.3) is 11.0 Å². The third-order valence-electron chi connectivity index (χ3n) is 3.46. The van der Waals surface area contributed by atoms with Gasteiger partial charge in [-0.2, -0.15) is 0 Å². The van der Waals surface area contributed by atoms with Crippen molar-refractivity contribution in [1.82, 2.24) is 9.55 Å². The molecule has 1 aromatic heterocycles. The summed E-state index contributed by atoms with van der Waals surface area (Å²) >= 11 is 0. The molecular weight excluding hydrogens is 321 g/mol. The van der Waals surface area contributed by atoms with Gasteiger partial charge in [0.2, 0.25) is 0 Å². The van der Waals surface area contributed by atoms with Crippen LogP contribution in [0, 0.1) is 0 Å². The first kappa shape index (κ1) is 18.3. The summed E-state index contributed by atoms with van der Waals surface area (Å²) in [4.78, 5) is 4.44. The van der Waals surface area contributed by atoms with Gasteiger partial charge in [-0.15, -0.1) is 24.8 Å². The molecule has 6 heteroatoms. The first-order valence-electron chi connectivity index (χ1n) is 6.67. The SMILES string of the molecule is Cl.Cl.Nc1ccc2c(c1)nc(CO)n2CCc1ccccc1.